The number of rotatable bonds is 7. The standard InChI is InChI=1S/C21H29N3O3S2/c1-16-8-10-17(11-9-16)29(26,27)24-12-6-7-18(24)20-23(19(25)13-28-20)15-21(2,3)14-22(4)5/h6-12,20H,13-15H2,1-5H3. The third kappa shape index (κ3) is 4.70. The molecule has 29 heavy (non-hydrogen) atoms. The number of amides is 1. The van der Waals surface area contributed by atoms with Crippen LogP contribution in [0.15, 0.2) is 47.5 Å². The minimum Gasteiger partial charge on any atom is -0.324 e. The number of aryl methyl sites for hydroxylation is 1. The molecule has 1 atom stereocenters. The minimum atomic E-state index is -3.73. The van der Waals surface area contributed by atoms with Crippen molar-refractivity contribution in [3.63, 3.8) is 0 Å². The van der Waals surface area contributed by atoms with Crippen LogP contribution in [-0.4, -0.2) is 61.0 Å². The van der Waals surface area contributed by atoms with Gasteiger partial charge in [-0.05, 0) is 50.7 Å². The van der Waals surface area contributed by atoms with Gasteiger partial charge in [-0.3, -0.25) is 4.79 Å². The second-order valence-corrected chi connectivity index (χ2v) is 11.5. The van der Waals surface area contributed by atoms with E-state index in [9.17, 15) is 13.2 Å². The fourth-order valence-corrected chi connectivity index (χ4v) is 6.49. The molecule has 3 rings (SSSR count). The predicted molar refractivity (Wildman–Crippen MR) is 117 cm³/mol. The molecule has 6 nitrogen and oxygen atoms in total. The Balaban J connectivity index is 1.94. The fourth-order valence-electron chi connectivity index (χ4n) is 3.85. The highest BCUT2D eigenvalue weighted by Gasteiger charge is 2.39. The molecule has 1 amide bonds. The molecule has 2 aromatic rings. The van der Waals surface area contributed by atoms with Gasteiger partial charge in [-0.2, -0.15) is 0 Å². The molecular formula is C21H29N3O3S2. The monoisotopic (exact) mass is 435 g/mol. The Kier molecular flexibility index (Phi) is 6.17. The number of nitrogens with zero attached hydrogens (tertiary/aromatic N) is 3. The number of thioether (sulfide) groups is 1. The number of carbonyl (C=O) groups is 1. The average molecular weight is 436 g/mol. The molecule has 0 N–H and O–H groups in total. The summed E-state index contributed by atoms with van der Waals surface area (Å²) in [5, 5.41) is -0.320. The average Bonchev–Trinajstić information content (AvgIpc) is 3.22. The maximum Gasteiger partial charge on any atom is 0.267 e. The Morgan fingerprint density at radius 1 is 1.17 bits per heavy atom. The largest absolute Gasteiger partial charge is 0.324 e. The van der Waals surface area contributed by atoms with Crippen molar-refractivity contribution in [3.8, 4) is 0 Å². The van der Waals surface area contributed by atoms with E-state index >= 15 is 0 Å². The number of hydrogen-bond acceptors (Lipinski definition) is 5. The zero-order valence-electron chi connectivity index (χ0n) is 17.6. The number of carbonyl (C=O) groups excluding carboxylic acids is 1. The molecule has 0 spiro atoms. The summed E-state index contributed by atoms with van der Waals surface area (Å²) < 4.78 is 27.8. The highest BCUT2D eigenvalue weighted by atomic mass is 32.2. The highest BCUT2D eigenvalue weighted by Crippen LogP contribution is 2.41. The van der Waals surface area contributed by atoms with Gasteiger partial charge in [-0.25, -0.2) is 12.4 Å². The number of hydrogen-bond donors (Lipinski definition) is 0. The lowest BCUT2D eigenvalue weighted by atomic mass is 9.92. The van der Waals surface area contributed by atoms with E-state index in [0.717, 1.165) is 12.1 Å². The molecule has 1 aromatic heterocycles. The van der Waals surface area contributed by atoms with Crippen LogP contribution in [0.2, 0.25) is 0 Å². The van der Waals surface area contributed by atoms with Gasteiger partial charge in [0.1, 0.15) is 5.37 Å². The highest BCUT2D eigenvalue weighted by molar-refractivity contribution is 8.00. The SMILES string of the molecule is Cc1ccc(S(=O)(=O)n2cccc2C2SCC(=O)N2CC(C)(C)CN(C)C)cc1. The van der Waals surface area contributed by atoms with Crippen LogP contribution in [0.3, 0.4) is 0 Å². The van der Waals surface area contributed by atoms with E-state index < -0.39 is 10.0 Å². The van der Waals surface area contributed by atoms with Gasteiger partial charge in [0.05, 0.1) is 16.3 Å². The van der Waals surface area contributed by atoms with Crippen molar-refractivity contribution in [3.05, 3.63) is 53.9 Å². The van der Waals surface area contributed by atoms with Crippen LogP contribution in [0.4, 0.5) is 0 Å². The van der Waals surface area contributed by atoms with Gasteiger partial charge in [0.25, 0.3) is 10.0 Å². The molecule has 1 aliphatic rings. The molecule has 0 radical (unpaired) electrons. The van der Waals surface area contributed by atoms with Crippen LogP contribution in [0.25, 0.3) is 0 Å². The smallest absolute Gasteiger partial charge is 0.267 e. The molecule has 1 fully saturated rings. The van der Waals surface area contributed by atoms with E-state index in [-0.39, 0.29) is 21.6 Å². The molecule has 2 heterocycles. The summed E-state index contributed by atoms with van der Waals surface area (Å²) in [6, 6.07) is 10.4. The van der Waals surface area contributed by atoms with Gasteiger partial charge in [-0.15, -0.1) is 11.8 Å². The first-order chi connectivity index (χ1) is 13.5. The molecule has 158 valence electrons. The van der Waals surface area contributed by atoms with E-state index in [4.69, 9.17) is 0 Å². The molecule has 1 aromatic carbocycles. The van der Waals surface area contributed by atoms with Gasteiger partial charge in [0, 0.05) is 19.3 Å². The van der Waals surface area contributed by atoms with Crippen LogP contribution in [0.5, 0.6) is 0 Å². The molecule has 8 heteroatoms. The Morgan fingerprint density at radius 3 is 2.45 bits per heavy atom. The number of aromatic nitrogens is 1. The second-order valence-electron chi connectivity index (χ2n) is 8.63. The van der Waals surface area contributed by atoms with Crippen molar-refractivity contribution in [1.82, 2.24) is 13.8 Å². The summed E-state index contributed by atoms with van der Waals surface area (Å²) in [5.74, 6) is 0.408. The topological polar surface area (TPSA) is 62.6 Å². The second kappa shape index (κ2) is 8.16. The van der Waals surface area contributed by atoms with Gasteiger partial charge in [-0.1, -0.05) is 31.5 Å². The lowest BCUT2D eigenvalue weighted by molar-refractivity contribution is -0.129. The Morgan fingerprint density at radius 2 is 1.83 bits per heavy atom. The maximum atomic E-state index is 13.2. The summed E-state index contributed by atoms with van der Waals surface area (Å²) in [5.41, 5.74) is 1.50. The van der Waals surface area contributed by atoms with Gasteiger partial charge in [0.2, 0.25) is 5.91 Å². The molecular weight excluding hydrogens is 406 g/mol. The summed E-state index contributed by atoms with van der Waals surface area (Å²) in [6.07, 6.45) is 1.57. The van der Waals surface area contributed by atoms with Crippen LogP contribution in [0, 0.1) is 12.3 Å². The summed E-state index contributed by atoms with van der Waals surface area (Å²) in [4.78, 5) is 16.8. The van der Waals surface area contributed by atoms with Crippen LogP contribution >= 0.6 is 11.8 Å². The van der Waals surface area contributed by atoms with Gasteiger partial charge >= 0.3 is 0 Å². The van der Waals surface area contributed by atoms with Crippen LogP contribution in [0.1, 0.15) is 30.5 Å². The molecule has 0 saturated carbocycles. The first-order valence-corrected chi connectivity index (χ1v) is 12.1. The summed E-state index contributed by atoms with van der Waals surface area (Å²) >= 11 is 1.48. The van der Waals surface area contributed by atoms with Crippen LogP contribution in [-0.2, 0) is 14.8 Å². The molecule has 1 saturated heterocycles. The van der Waals surface area contributed by atoms with E-state index in [1.165, 1.54) is 15.7 Å². The summed E-state index contributed by atoms with van der Waals surface area (Å²) in [6.45, 7) is 7.57. The first kappa shape index (κ1) is 21.9. The van der Waals surface area contributed by atoms with E-state index in [1.807, 2.05) is 25.9 Å². The zero-order chi connectivity index (χ0) is 21.4. The van der Waals surface area contributed by atoms with E-state index in [0.29, 0.717) is 18.0 Å². The van der Waals surface area contributed by atoms with Gasteiger partial charge < -0.3 is 9.80 Å². The Labute approximate surface area is 177 Å². The minimum absolute atomic E-state index is 0.0484. The van der Waals surface area contributed by atoms with Crippen LogP contribution < -0.4 is 0 Å². The van der Waals surface area contributed by atoms with Crippen molar-refractivity contribution in [2.45, 2.75) is 31.0 Å². The number of benzene rings is 1. The van der Waals surface area contributed by atoms with Crippen molar-refractivity contribution in [2.24, 2.45) is 5.41 Å². The van der Waals surface area contributed by atoms with Crippen molar-refractivity contribution >= 4 is 27.7 Å². The zero-order valence-corrected chi connectivity index (χ0v) is 19.3. The fraction of sp³-hybridized carbons (Fsp3) is 0.476. The molecule has 1 unspecified atom stereocenters. The third-order valence-corrected chi connectivity index (χ3v) is 7.83. The van der Waals surface area contributed by atoms with E-state index in [2.05, 4.69) is 18.7 Å². The predicted octanol–water partition coefficient (Wildman–Crippen LogP) is 3.20. The lowest BCUT2D eigenvalue weighted by Crippen LogP contribution is -2.42. The molecule has 1 aliphatic heterocycles. The third-order valence-electron chi connectivity index (χ3n) is 4.88. The van der Waals surface area contributed by atoms with E-state index in [1.54, 1.807) is 42.6 Å². The molecule has 0 aliphatic carbocycles. The van der Waals surface area contributed by atoms with Crippen molar-refractivity contribution in [2.75, 3.05) is 32.9 Å². The van der Waals surface area contributed by atoms with Crippen molar-refractivity contribution in [1.29, 1.82) is 0 Å². The Bertz CT molecular complexity index is 979. The Hall–Kier alpha value is -1.77. The molecule has 0 bridgehead atoms. The van der Waals surface area contributed by atoms with Crippen molar-refractivity contribution < 1.29 is 13.2 Å². The first-order valence-electron chi connectivity index (χ1n) is 9.57. The van der Waals surface area contributed by atoms with Gasteiger partial charge in [0.15, 0.2) is 0 Å². The normalized spacial score (nSPS) is 18.1. The lowest BCUT2D eigenvalue weighted by Gasteiger charge is -2.35. The summed E-state index contributed by atoms with van der Waals surface area (Å²) in [7, 11) is 0.299. The quantitative estimate of drug-likeness (QED) is 0.668. The maximum absolute atomic E-state index is 13.2.